The van der Waals surface area contributed by atoms with Gasteiger partial charge >= 0.3 is 17.9 Å². The van der Waals surface area contributed by atoms with Crippen LogP contribution in [0.5, 0.6) is 0 Å². The van der Waals surface area contributed by atoms with Crippen LogP contribution in [0.3, 0.4) is 0 Å². The van der Waals surface area contributed by atoms with Gasteiger partial charge < -0.3 is 28.5 Å². The lowest BCUT2D eigenvalue weighted by atomic mass is 10.0. The zero-order valence-corrected chi connectivity index (χ0v) is 46.4. The Kier molecular flexibility index (Phi) is 50.2. The number of likely N-dealkylation sites (N-methyl/N-ethyl adjacent to an activating group) is 1. The molecule has 0 aliphatic carbocycles. The molecule has 0 saturated heterocycles. The van der Waals surface area contributed by atoms with Crippen molar-refractivity contribution >= 4 is 17.9 Å². The van der Waals surface area contributed by atoms with Gasteiger partial charge in [-0.05, 0) is 89.9 Å². The van der Waals surface area contributed by atoms with E-state index < -0.39 is 24.3 Å². The predicted molar refractivity (Wildman–Crippen MR) is 299 cm³/mol. The summed E-state index contributed by atoms with van der Waals surface area (Å²) in [6.45, 7) is 4.74. The third-order valence-electron chi connectivity index (χ3n) is 12.1. The molecule has 0 saturated carbocycles. The van der Waals surface area contributed by atoms with Crippen LogP contribution >= 0.6 is 0 Å². The number of esters is 2. The molecule has 0 amide bonds. The van der Waals surface area contributed by atoms with Crippen LogP contribution in [0.15, 0.2) is 85.1 Å². The van der Waals surface area contributed by atoms with Crippen LogP contribution < -0.4 is 0 Å². The summed E-state index contributed by atoms with van der Waals surface area (Å²) in [6, 6.07) is 0. The second-order valence-corrected chi connectivity index (χ2v) is 20.2. The Labute approximate surface area is 436 Å². The molecule has 0 radical (unpaired) electrons. The van der Waals surface area contributed by atoms with Crippen LogP contribution in [0.1, 0.15) is 232 Å². The number of carbonyl (C=O) groups is 3. The first-order valence-corrected chi connectivity index (χ1v) is 28.8. The second-order valence-electron chi connectivity index (χ2n) is 20.2. The molecule has 0 aliphatic heterocycles. The van der Waals surface area contributed by atoms with E-state index in [9.17, 15) is 19.5 Å². The lowest BCUT2D eigenvalue weighted by Gasteiger charge is -2.25. The van der Waals surface area contributed by atoms with Gasteiger partial charge in [0.05, 0.1) is 34.4 Å². The molecule has 9 nitrogen and oxygen atoms in total. The third-order valence-corrected chi connectivity index (χ3v) is 12.1. The third kappa shape index (κ3) is 54.1. The average molecular weight is 996 g/mol. The van der Waals surface area contributed by atoms with Crippen molar-refractivity contribution in [2.75, 3.05) is 47.5 Å². The molecule has 9 heteroatoms. The molecule has 71 heavy (non-hydrogen) atoms. The number of ether oxygens (including phenoxy) is 4. The quantitative estimate of drug-likeness (QED) is 0.0211. The van der Waals surface area contributed by atoms with E-state index in [1.807, 2.05) is 21.1 Å². The van der Waals surface area contributed by atoms with Crippen molar-refractivity contribution in [3.63, 3.8) is 0 Å². The molecular weight excluding hydrogens is 887 g/mol. The zero-order valence-electron chi connectivity index (χ0n) is 46.4. The number of aliphatic carboxylic acids is 1. The van der Waals surface area contributed by atoms with Crippen molar-refractivity contribution in [3.8, 4) is 0 Å². The van der Waals surface area contributed by atoms with Crippen molar-refractivity contribution in [1.82, 2.24) is 0 Å². The summed E-state index contributed by atoms with van der Waals surface area (Å²) >= 11 is 0. The van der Waals surface area contributed by atoms with E-state index in [0.717, 1.165) is 96.3 Å². The molecule has 0 heterocycles. The van der Waals surface area contributed by atoms with E-state index in [4.69, 9.17) is 18.9 Å². The first-order valence-electron chi connectivity index (χ1n) is 28.8. The number of hydrogen-bond acceptors (Lipinski definition) is 7. The van der Waals surface area contributed by atoms with E-state index in [1.165, 1.54) is 109 Å². The highest BCUT2D eigenvalue weighted by molar-refractivity contribution is 5.71. The molecule has 0 spiro atoms. The molecule has 0 aliphatic rings. The average Bonchev–Trinajstić information content (AvgIpc) is 3.34. The van der Waals surface area contributed by atoms with E-state index in [-0.39, 0.29) is 32.2 Å². The lowest BCUT2D eigenvalue weighted by Crippen LogP contribution is -2.40. The van der Waals surface area contributed by atoms with E-state index >= 15 is 0 Å². The zero-order chi connectivity index (χ0) is 52.0. The fourth-order valence-electron chi connectivity index (χ4n) is 7.72. The summed E-state index contributed by atoms with van der Waals surface area (Å²) in [5.41, 5.74) is 0. The second kappa shape index (κ2) is 52.8. The smallest absolute Gasteiger partial charge is 0.361 e. The minimum Gasteiger partial charge on any atom is -0.477 e. The summed E-state index contributed by atoms with van der Waals surface area (Å²) in [6.07, 6.45) is 66.7. The molecule has 0 aromatic heterocycles. The lowest BCUT2D eigenvalue weighted by molar-refractivity contribution is -0.870. The van der Waals surface area contributed by atoms with Crippen LogP contribution in [-0.2, 0) is 33.3 Å². The van der Waals surface area contributed by atoms with E-state index in [2.05, 4.69) is 98.9 Å². The number of quaternary nitrogens is 1. The Morgan fingerprint density at radius 2 is 0.803 bits per heavy atom. The van der Waals surface area contributed by atoms with Gasteiger partial charge in [0.1, 0.15) is 13.2 Å². The summed E-state index contributed by atoms with van der Waals surface area (Å²) in [4.78, 5) is 37.3. The largest absolute Gasteiger partial charge is 0.477 e. The number of carbonyl (C=O) groups excluding carboxylic acids is 2. The van der Waals surface area contributed by atoms with Crippen molar-refractivity contribution < 1.29 is 42.9 Å². The van der Waals surface area contributed by atoms with Gasteiger partial charge in [-0.1, -0.05) is 214 Å². The number of carboxylic acid groups (broad SMARTS) is 1. The number of rotatable bonds is 52. The molecular formula is C62H108NO8+. The first-order chi connectivity index (χ1) is 34.6. The Hall–Kier alpha value is -3.53. The molecule has 2 unspecified atom stereocenters. The number of unbranched alkanes of at least 4 members (excludes halogenated alkanes) is 23. The highest BCUT2D eigenvalue weighted by Gasteiger charge is 2.25. The topological polar surface area (TPSA) is 108 Å². The Morgan fingerprint density at radius 1 is 0.437 bits per heavy atom. The number of carboxylic acids is 1. The summed E-state index contributed by atoms with van der Waals surface area (Å²) in [5, 5.41) is 9.68. The van der Waals surface area contributed by atoms with Gasteiger partial charge in [-0.3, -0.25) is 9.59 Å². The first kappa shape index (κ1) is 67.5. The number of hydrogen-bond donors (Lipinski definition) is 1. The van der Waals surface area contributed by atoms with E-state index in [0.29, 0.717) is 17.4 Å². The molecule has 0 bridgehead atoms. The highest BCUT2D eigenvalue weighted by Crippen LogP contribution is 2.16. The molecule has 1 N–H and O–H groups in total. The SMILES string of the molecule is CC/C=C\C/C=C\C/C=C\C/C=C\C/C=C\C/C=C\CCCCCCCCCCCCCCCCC(=O)OC(COC(=O)CCCCCCC/C=C\CCCCCC)COC(OCC[N+](C)(C)C)C(=O)O. The van der Waals surface area contributed by atoms with Crippen molar-refractivity contribution in [2.24, 2.45) is 0 Å². The van der Waals surface area contributed by atoms with Gasteiger partial charge in [0.25, 0.3) is 6.29 Å². The maximum absolute atomic E-state index is 12.9. The van der Waals surface area contributed by atoms with E-state index in [1.54, 1.807) is 0 Å². The van der Waals surface area contributed by atoms with Crippen LogP contribution in [-0.4, -0.2) is 87.4 Å². The monoisotopic (exact) mass is 995 g/mol. The predicted octanol–water partition coefficient (Wildman–Crippen LogP) is 16.8. The maximum Gasteiger partial charge on any atom is 0.361 e. The standard InChI is InChI=1S/C62H107NO8/c1-6-8-10-12-14-16-18-20-21-22-23-24-25-26-27-28-29-30-31-32-33-34-35-36-37-38-39-41-43-45-47-49-51-53-60(65)71-58(57-70-62(61(66)67)68-55-54-63(3,4)5)56-69-59(64)52-50-48-46-44-42-40-19-17-15-13-11-9-7-2/h8,10,14,16-17,19-21,23-24,26-27,29-30,58,62H,6-7,9,11-13,15,18,22,25,28,31-57H2,1-5H3/p+1/b10-8-,16-14-,19-17-,21-20-,24-23-,27-26-,30-29-. The van der Waals surface area contributed by atoms with Crippen LogP contribution in [0.25, 0.3) is 0 Å². The fourth-order valence-corrected chi connectivity index (χ4v) is 7.72. The van der Waals surface area contributed by atoms with Gasteiger partial charge in [0.15, 0.2) is 6.10 Å². The minimum atomic E-state index is -1.51. The normalized spacial score (nSPS) is 13.4. The molecule has 408 valence electrons. The Bertz CT molecular complexity index is 1440. The van der Waals surface area contributed by atoms with Gasteiger partial charge in [0, 0.05) is 12.8 Å². The van der Waals surface area contributed by atoms with Gasteiger partial charge in [-0.25, -0.2) is 4.79 Å². The summed E-state index contributed by atoms with van der Waals surface area (Å²) in [7, 11) is 5.96. The molecule has 0 fully saturated rings. The van der Waals surface area contributed by atoms with Gasteiger partial charge in [-0.15, -0.1) is 0 Å². The number of nitrogens with zero attached hydrogens (tertiary/aromatic N) is 1. The molecule has 2 atom stereocenters. The van der Waals surface area contributed by atoms with Gasteiger partial charge in [0.2, 0.25) is 0 Å². The Balaban J connectivity index is 4.14. The van der Waals surface area contributed by atoms with Crippen molar-refractivity contribution in [2.45, 2.75) is 245 Å². The highest BCUT2D eigenvalue weighted by atomic mass is 16.7. The Morgan fingerprint density at radius 3 is 1.21 bits per heavy atom. The number of allylic oxidation sites excluding steroid dienone is 14. The minimum absolute atomic E-state index is 0.184. The summed E-state index contributed by atoms with van der Waals surface area (Å²) < 4.78 is 22.8. The molecule has 0 aromatic carbocycles. The maximum atomic E-state index is 12.9. The fraction of sp³-hybridized carbons (Fsp3) is 0.726. The van der Waals surface area contributed by atoms with Crippen LogP contribution in [0.4, 0.5) is 0 Å². The van der Waals surface area contributed by atoms with Crippen molar-refractivity contribution in [3.05, 3.63) is 85.1 Å². The van der Waals surface area contributed by atoms with Crippen molar-refractivity contribution in [1.29, 1.82) is 0 Å². The van der Waals surface area contributed by atoms with Crippen LogP contribution in [0, 0.1) is 0 Å². The molecule has 0 aromatic rings. The molecule has 0 rings (SSSR count). The summed E-state index contributed by atoms with van der Waals surface area (Å²) in [5.74, 6) is -2.02. The van der Waals surface area contributed by atoms with Crippen LogP contribution in [0.2, 0.25) is 0 Å². The van der Waals surface area contributed by atoms with Gasteiger partial charge in [-0.2, -0.15) is 0 Å².